The molecule has 0 spiro atoms. The van der Waals surface area contributed by atoms with E-state index < -0.39 is 17.9 Å². The molecule has 0 rings (SSSR count). The molecule has 23 heavy (non-hydrogen) atoms. The van der Waals surface area contributed by atoms with E-state index in [1.54, 1.807) is 0 Å². The third-order valence-corrected chi connectivity index (χ3v) is 4.52. The highest BCUT2D eigenvalue weighted by molar-refractivity contribution is 8.76. The smallest absolute Gasteiger partial charge is 0.326 e. The molecule has 0 aromatic carbocycles. The van der Waals surface area contributed by atoms with Crippen molar-refractivity contribution in [3.8, 4) is 0 Å². The Morgan fingerprint density at radius 3 is 2.57 bits per heavy atom. The molecule has 11 heteroatoms. The Bertz CT molecular complexity index is 458. The number of carbonyl (C=O) groups is 5. The molecule has 1 atom stereocenters. The minimum Gasteiger partial charge on any atom is -0.480 e. The van der Waals surface area contributed by atoms with Gasteiger partial charge in [-0.25, -0.2) is 10.2 Å². The molecular formula is C12H17N3O6S2. The van der Waals surface area contributed by atoms with Gasteiger partial charge in [0.2, 0.25) is 12.3 Å². The van der Waals surface area contributed by atoms with Crippen molar-refractivity contribution < 1.29 is 29.1 Å². The molecule has 9 nitrogen and oxygen atoms in total. The first-order valence-electron chi connectivity index (χ1n) is 6.46. The summed E-state index contributed by atoms with van der Waals surface area (Å²) in [6.45, 7) is 0. The quantitative estimate of drug-likeness (QED) is 0.124. The first-order chi connectivity index (χ1) is 11.0. The zero-order chi connectivity index (χ0) is 17.5. The third-order valence-electron chi connectivity index (χ3n) is 2.25. The number of nitrogens with zero attached hydrogens (tertiary/aromatic N) is 1. The van der Waals surface area contributed by atoms with Crippen LogP contribution in [0.2, 0.25) is 0 Å². The first kappa shape index (κ1) is 21.1. The maximum atomic E-state index is 11.6. The molecule has 0 fully saturated rings. The largest absolute Gasteiger partial charge is 0.480 e. The van der Waals surface area contributed by atoms with E-state index in [9.17, 15) is 24.0 Å². The Labute approximate surface area is 140 Å². The number of amides is 2. The summed E-state index contributed by atoms with van der Waals surface area (Å²) in [5.41, 5.74) is 1.97. The zero-order valence-corrected chi connectivity index (χ0v) is 13.7. The Morgan fingerprint density at radius 2 is 1.96 bits per heavy atom. The van der Waals surface area contributed by atoms with Crippen molar-refractivity contribution in [2.45, 2.75) is 25.3 Å². The van der Waals surface area contributed by atoms with Crippen molar-refractivity contribution in [3.63, 3.8) is 0 Å². The second kappa shape index (κ2) is 13.8. The molecule has 0 saturated carbocycles. The number of hydrogen-bond acceptors (Lipinski definition) is 8. The van der Waals surface area contributed by atoms with Crippen LogP contribution in [0.1, 0.15) is 19.3 Å². The molecule has 0 aliphatic rings. The van der Waals surface area contributed by atoms with Gasteiger partial charge >= 0.3 is 5.97 Å². The number of aldehydes is 1. The lowest BCUT2D eigenvalue weighted by molar-refractivity contribution is -0.141. The van der Waals surface area contributed by atoms with Crippen LogP contribution in [0, 0.1) is 0 Å². The zero-order valence-electron chi connectivity index (χ0n) is 12.1. The maximum absolute atomic E-state index is 11.6. The number of hydrogen-bond donors (Lipinski definition) is 3. The van der Waals surface area contributed by atoms with E-state index in [2.05, 4.69) is 10.4 Å². The van der Waals surface area contributed by atoms with Gasteiger partial charge in [-0.1, -0.05) is 21.6 Å². The molecule has 0 aromatic heterocycles. The number of nitrogens with one attached hydrogen (secondary N) is 2. The first-order valence-corrected chi connectivity index (χ1v) is 8.95. The second-order valence-electron chi connectivity index (χ2n) is 4.01. The number of carboxylic acids is 1. The van der Waals surface area contributed by atoms with E-state index in [-0.39, 0.29) is 30.8 Å². The standard InChI is InChI=1S/C12H17N3O6S2/c16-4-1-2-10(12(20)21)15-11(19)7-23-22-5-3-9(18)6-13-14-8-17/h4,6,8,10H,1-3,5,7H2,(H,14,17)(H,15,19)(H,20,21)/b13-6+. The number of carbonyl (C=O) groups excluding carboxylic acids is 4. The predicted octanol–water partition coefficient (Wildman–Crippen LogP) is -0.393. The summed E-state index contributed by atoms with van der Waals surface area (Å²) < 4.78 is 0. The molecule has 0 aliphatic heterocycles. The minimum absolute atomic E-state index is 0.0323. The van der Waals surface area contributed by atoms with Crippen LogP contribution in [0.4, 0.5) is 0 Å². The Balaban J connectivity index is 3.84. The Hall–Kier alpha value is -1.88. The number of aliphatic carboxylic acids is 1. The Kier molecular flexibility index (Phi) is 12.6. The molecule has 0 heterocycles. The van der Waals surface area contributed by atoms with Crippen LogP contribution in [-0.4, -0.2) is 59.2 Å². The average Bonchev–Trinajstić information content (AvgIpc) is 2.51. The molecule has 128 valence electrons. The van der Waals surface area contributed by atoms with Gasteiger partial charge in [-0.2, -0.15) is 5.10 Å². The number of hydrazone groups is 1. The van der Waals surface area contributed by atoms with Gasteiger partial charge in [0, 0.05) is 18.6 Å². The van der Waals surface area contributed by atoms with Gasteiger partial charge in [-0.05, 0) is 6.42 Å². The van der Waals surface area contributed by atoms with E-state index in [0.717, 1.165) is 6.21 Å². The predicted molar refractivity (Wildman–Crippen MR) is 87.1 cm³/mol. The fourth-order valence-corrected chi connectivity index (χ4v) is 3.08. The van der Waals surface area contributed by atoms with Crippen LogP contribution in [0.15, 0.2) is 5.10 Å². The van der Waals surface area contributed by atoms with Gasteiger partial charge in [0.1, 0.15) is 12.3 Å². The van der Waals surface area contributed by atoms with Crippen LogP contribution in [0.5, 0.6) is 0 Å². The van der Waals surface area contributed by atoms with Gasteiger partial charge in [0.05, 0.1) is 12.0 Å². The molecule has 3 N–H and O–H groups in total. The third kappa shape index (κ3) is 12.4. The van der Waals surface area contributed by atoms with Crippen LogP contribution >= 0.6 is 21.6 Å². The lowest BCUT2D eigenvalue weighted by Crippen LogP contribution is -2.41. The number of carboxylic acid groups (broad SMARTS) is 1. The molecular weight excluding hydrogens is 346 g/mol. The summed E-state index contributed by atoms with van der Waals surface area (Å²) in [5, 5.41) is 14.6. The van der Waals surface area contributed by atoms with Crippen molar-refractivity contribution in [1.82, 2.24) is 10.7 Å². The number of Topliss-reactive ketones (excluding diaryl/α,β-unsaturated/α-hetero) is 1. The minimum atomic E-state index is -1.19. The van der Waals surface area contributed by atoms with Gasteiger partial charge in [0.15, 0.2) is 5.78 Å². The second-order valence-corrected chi connectivity index (χ2v) is 6.59. The van der Waals surface area contributed by atoms with E-state index in [1.807, 2.05) is 5.43 Å². The maximum Gasteiger partial charge on any atom is 0.326 e. The summed E-state index contributed by atoms with van der Waals surface area (Å²) in [7, 11) is 2.47. The van der Waals surface area contributed by atoms with Crippen LogP contribution in [-0.2, 0) is 24.0 Å². The van der Waals surface area contributed by atoms with Gasteiger partial charge in [0.25, 0.3) is 0 Å². The summed E-state index contributed by atoms with van der Waals surface area (Å²) in [6, 6.07) is -1.08. The van der Waals surface area contributed by atoms with Crippen molar-refractivity contribution in [3.05, 3.63) is 0 Å². The van der Waals surface area contributed by atoms with Crippen molar-refractivity contribution >= 4 is 58.2 Å². The summed E-state index contributed by atoms with van der Waals surface area (Å²) in [6.07, 6.45) is 2.23. The fourth-order valence-electron chi connectivity index (χ4n) is 1.23. The van der Waals surface area contributed by atoms with Gasteiger partial charge < -0.3 is 15.2 Å². The molecule has 2 amide bonds. The number of ketones is 1. The lowest BCUT2D eigenvalue weighted by atomic mass is 10.1. The molecule has 1 unspecified atom stereocenters. The van der Waals surface area contributed by atoms with E-state index in [4.69, 9.17) is 5.11 Å². The van der Waals surface area contributed by atoms with E-state index in [0.29, 0.717) is 18.4 Å². The number of rotatable bonds is 14. The SMILES string of the molecule is O=CCCC(NC(=O)CSSCCC(=O)/C=N/NC=O)C(=O)O. The topological polar surface area (TPSA) is 142 Å². The molecule has 0 aliphatic carbocycles. The molecule has 0 aromatic rings. The average molecular weight is 363 g/mol. The Morgan fingerprint density at radius 1 is 1.22 bits per heavy atom. The van der Waals surface area contributed by atoms with Crippen LogP contribution < -0.4 is 10.7 Å². The summed E-state index contributed by atoms with van der Waals surface area (Å²) >= 11 is 0. The normalized spacial score (nSPS) is 11.7. The van der Waals surface area contributed by atoms with Gasteiger partial charge in [-0.3, -0.25) is 14.4 Å². The fraction of sp³-hybridized carbons (Fsp3) is 0.500. The summed E-state index contributed by atoms with van der Waals surface area (Å²) in [4.78, 5) is 53.8. The van der Waals surface area contributed by atoms with E-state index in [1.165, 1.54) is 21.6 Å². The lowest BCUT2D eigenvalue weighted by Gasteiger charge is -2.12. The monoisotopic (exact) mass is 363 g/mol. The van der Waals surface area contributed by atoms with Crippen LogP contribution in [0.25, 0.3) is 0 Å². The molecule has 0 radical (unpaired) electrons. The highest BCUT2D eigenvalue weighted by Gasteiger charge is 2.19. The highest BCUT2D eigenvalue weighted by atomic mass is 33.1. The highest BCUT2D eigenvalue weighted by Crippen LogP contribution is 2.21. The van der Waals surface area contributed by atoms with Crippen molar-refractivity contribution in [1.29, 1.82) is 0 Å². The molecule has 0 bridgehead atoms. The molecule has 0 saturated heterocycles. The van der Waals surface area contributed by atoms with Crippen molar-refractivity contribution in [2.24, 2.45) is 5.10 Å². The van der Waals surface area contributed by atoms with E-state index >= 15 is 0 Å². The van der Waals surface area contributed by atoms with Gasteiger partial charge in [-0.15, -0.1) is 0 Å². The summed E-state index contributed by atoms with van der Waals surface area (Å²) in [5.74, 6) is -1.44. The van der Waals surface area contributed by atoms with Crippen LogP contribution in [0.3, 0.4) is 0 Å². The van der Waals surface area contributed by atoms with Crippen molar-refractivity contribution in [2.75, 3.05) is 11.5 Å².